The van der Waals surface area contributed by atoms with Crippen LogP contribution in [0.15, 0.2) is 36.5 Å². The second-order valence-electron chi connectivity index (χ2n) is 4.18. The minimum absolute atomic E-state index is 0.481. The molecule has 2 rings (SSSR count). The maximum absolute atomic E-state index is 12.4. The van der Waals surface area contributed by atoms with Crippen molar-refractivity contribution in [3.63, 3.8) is 0 Å². The van der Waals surface area contributed by atoms with E-state index in [2.05, 4.69) is 4.98 Å². The van der Waals surface area contributed by atoms with Crippen LogP contribution in [0.3, 0.4) is 0 Å². The zero-order valence-corrected chi connectivity index (χ0v) is 10.0. The Morgan fingerprint density at radius 3 is 2.37 bits per heavy atom. The van der Waals surface area contributed by atoms with E-state index in [1.807, 2.05) is 6.92 Å². The SMILES string of the molecule is Cc1cc(C=O)cc(-c2ccc(C(F)(F)F)nc2)c1. The second-order valence-corrected chi connectivity index (χ2v) is 4.18. The lowest BCUT2D eigenvalue weighted by molar-refractivity contribution is -0.141. The van der Waals surface area contributed by atoms with Crippen LogP contribution in [0.1, 0.15) is 21.6 Å². The van der Waals surface area contributed by atoms with E-state index in [-0.39, 0.29) is 0 Å². The average Bonchev–Trinajstić information content (AvgIpc) is 2.37. The van der Waals surface area contributed by atoms with Gasteiger partial charge in [0, 0.05) is 17.3 Å². The summed E-state index contributed by atoms with van der Waals surface area (Å²) >= 11 is 0. The highest BCUT2D eigenvalue weighted by Crippen LogP contribution is 2.29. The number of hydrogen-bond donors (Lipinski definition) is 0. The first-order valence-electron chi connectivity index (χ1n) is 5.50. The van der Waals surface area contributed by atoms with Gasteiger partial charge in [0.25, 0.3) is 0 Å². The minimum atomic E-state index is -4.45. The zero-order chi connectivity index (χ0) is 14.0. The van der Waals surface area contributed by atoms with Crippen molar-refractivity contribution in [2.24, 2.45) is 0 Å². The lowest BCUT2D eigenvalue weighted by atomic mass is 10.0. The Bertz CT molecular complexity index is 603. The summed E-state index contributed by atoms with van der Waals surface area (Å²) in [5.41, 5.74) is 1.62. The number of hydrogen-bond acceptors (Lipinski definition) is 2. The van der Waals surface area contributed by atoms with Gasteiger partial charge in [-0.15, -0.1) is 0 Å². The minimum Gasteiger partial charge on any atom is -0.298 e. The highest BCUT2D eigenvalue weighted by atomic mass is 19.4. The summed E-state index contributed by atoms with van der Waals surface area (Å²) in [7, 11) is 0. The Morgan fingerprint density at radius 1 is 1.11 bits per heavy atom. The summed E-state index contributed by atoms with van der Waals surface area (Å²) in [4.78, 5) is 14.2. The molecule has 0 aliphatic carbocycles. The molecule has 19 heavy (non-hydrogen) atoms. The number of alkyl halides is 3. The first kappa shape index (κ1) is 13.3. The van der Waals surface area contributed by atoms with Crippen molar-refractivity contribution in [1.29, 1.82) is 0 Å². The van der Waals surface area contributed by atoms with Gasteiger partial charge in [-0.2, -0.15) is 13.2 Å². The number of aromatic nitrogens is 1. The van der Waals surface area contributed by atoms with Crippen LogP contribution in [0, 0.1) is 6.92 Å². The van der Waals surface area contributed by atoms with Crippen LogP contribution in [0.25, 0.3) is 11.1 Å². The molecule has 5 heteroatoms. The van der Waals surface area contributed by atoms with E-state index in [1.165, 1.54) is 6.07 Å². The number of nitrogens with zero attached hydrogens (tertiary/aromatic N) is 1. The highest BCUT2D eigenvalue weighted by molar-refractivity contribution is 5.79. The summed E-state index contributed by atoms with van der Waals surface area (Å²) in [5, 5.41) is 0. The van der Waals surface area contributed by atoms with Crippen LogP contribution >= 0.6 is 0 Å². The van der Waals surface area contributed by atoms with Gasteiger partial charge in [-0.1, -0.05) is 12.1 Å². The maximum atomic E-state index is 12.4. The van der Waals surface area contributed by atoms with E-state index in [1.54, 1.807) is 18.2 Å². The summed E-state index contributed by atoms with van der Waals surface area (Å²) in [6.07, 6.45) is -2.58. The first-order chi connectivity index (χ1) is 8.90. The smallest absolute Gasteiger partial charge is 0.298 e. The molecule has 0 spiro atoms. The monoisotopic (exact) mass is 265 g/mol. The van der Waals surface area contributed by atoms with E-state index in [0.717, 1.165) is 17.8 Å². The van der Waals surface area contributed by atoms with Crippen molar-refractivity contribution in [3.05, 3.63) is 53.3 Å². The standard InChI is InChI=1S/C14H10F3NO/c1-9-4-10(8-19)6-12(5-9)11-2-3-13(18-7-11)14(15,16)17/h2-8H,1H3. The molecule has 0 bridgehead atoms. The summed E-state index contributed by atoms with van der Waals surface area (Å²) in [5.74, 6) is 0. The van der Waals surface area contributed by atoms with E-state index in [4.69, 9.17) is 0 Å². The third-order valence-electron chi connectivity index (χ3n) is 2.62. The maximum Gasteiger partial charge on any atom is 0.433 e. The number of carbonyl (C=O) groups excluding carboxylic acids is 1. The topological polar surface area (TPSA) is 30.0 Å². The van der Waals surface area contributed by atoms with Gasteiger partial charge >= 0.3 is 6.18 Å². The van der Waals surface area contributed by atoms with E-state index in [9.17, 15) is 18.0 Å². The van der Waals surface area contributed by atoms with Crippen molar-refractivity contribution < 1.29 is 18.0 Å². The Labute approximate surface area is 107 Å². The van der Waals surface area contributed by atoms with Gasteiger partial charge in [-0.25, -0.2) is 0 Å². The molecule has 1 aromatic carbocycles. The van der Waals surface area contributed by atoms with Gasteiger partial charge in [0.1, 0.15) is 12.0 Å². The van der Waals surface area contributed by atoms with Gasteiger partial charge in [-0.3, -0.25) is 9.78 Å². The molecule has 0 fully saturated rings. The predicted octanol–water partition coefficient (Wildman–Crippen LogP) is 3.89. The molecule has 0 N–H and O–H groups in total. The Morgan fingerprint density at radius 2 is 1.84 bits per heavy atom. The predicted molar refractivity (Wildman–Crippen MR) is 64.8 cm³/mol. The molecular weight excluding hydrogens is 255 g/mol. The van der Waals surface area contributed by atoms with Crippen molar-refractivity contribution >= 4 is 6.29 Å². The molecule has 0 aliphatic heterocycles. The number of aldehydes is 1. The number of rotatable bonds is 2. The lowest BCUT2D eigenvalue weighted by Crippen LogP contribution is -2.07. The van der Waals surface area contributed by atoms with Gasteiger partial charge < -0.3 is 0 Å². The van der Waals surface area contributed by atoms with Crippen LogP contribution < -0.4 is 0 Å². The molecule has 0 saturated heterocycles. The van der Waals surface area contributed by atoms with Crippen LogP contribution in [-0.4, -0.2) is 11.3 Å². The molecule has 1 heterocycles. The van der Waals surface area contributed by atoms with Crippen molar-refractivity contribution in [1.82, 2.24) is 4.98 Å². The van der Waals surface area contributed by atoms with Gasteiger partial charge in [0.2, 0.25) is 0 Å². The van der Waals surface area contributed by atoms with Crippen LogP contribution in [0.5, 0.6) is 0 Å². The third kappa shape index (κ3) is 2.99. The van der Waals surface area contributed by atoms with Gasteiger partial charge in [0.05, 0.1) is 0 Å². The Kier molecular flexibility index (Phi) is 3.38. The molecule has 0 radical (unpaired) electrons. The fraction of sp³-hybridized carbons (Fsp3) is 0.143. The number of aryl methyl sites for hydroxylation is 1. The molecule has 0 atom stereocenters. The number of carbonyl (C=O) groups is 1. The quantitative estimate of drug-likeness (QED) is 0.771. The van der Waals surface area contributed by atoms with Crippen molar-refractivity contribution in [3.8, 4) is 11.1 Å². The van der Waals surface area contributed by atoms with E-state index >= 15 is 0 Å². The average molecular weight is 265 g/mol. The molecule has 98 valence electrons. The fourth-order valence-electron chi connectivity index (χ4n) is 1.78. The summed E-state index contributed by atoms with van der Waals surface area (Å²) in [6, 6.07) is 7.38. The second kappa shape index (κ2) is 4.84. The first-order valence-corrected chi connectivity index (χ1v) is 5.50. The number of pyridine rings is 1. The molecule has 1 aromatic heterocycles. The van der Waals surface area contributed by atoms with Crippen molar-refractivity contribution in [2.45, 2.75) is 13.1 Å². The van der Waals surface area contributed by atoms with Gasteiger partial charge in [-0.05, 0) is 36.2 Å². The van der Waals surface area contributed by atoms with Crippen LogP contribution in [0.4, 0.5) is 13.2 Å². The fourth-order valence-corrected chi connectivity index (χ4v) is 1.78. The molecular formula is C14H10F3NO. The van der Waals surface area contributed by atoms with Gasteiger partial charge in [0.15, 0.2) is 0 Å². The number of halogens is 3. The molecule has 0 aliphatic rings. The Balaban J connectivity index is 2.42. The largest absolute Gasteiger partial charge is 0.433 e. The highest BCUT2D eigenvalue weighted by Gasteiger charge is 2.32. The number of benzene rings is 1. The lowest BCUT2D eigenvalue weighted by Gasteiger charge is -2.08. The third-order valence-corrected chi connectivity index (χ3v) is 2.62. The van der Waals surface area contributed by atoms with Crippen LogP contribution in [-0.2, 0) is 6.18 Å². The molecule has 2 aromatic rings. The molecule has 0 amide bonds. The van der Waals surface area contributed by atoms with E-state index in [0.29, 0.717) is 23.0 Å². The molecule has 0 unspecified atom stereocenters. The molecule has 0 saturated carbocycles. The van der Waals surface area contributed by atoms with Crippen LogP contribution in [0.2, 0.25) is 0 Å². The van der Waals surface area contributed by atoms with Crippen molar-refractivity contribution in [2.75, 3.05) is 0 Å². The molecule has 2 nitrogen and oxygen atoms in total. The summed E-state index contributed by atoms with van der Waals surface area (Å²) < 4.78 is 37.2. The summed E-state index contributed by atoms with van der Waals surface area (Å²) in [6.45, 7) is 1.81. The van der Waals surface area contributed by atoms with E-state index < -0.39 is 11.9 Å². The Hall–Kier alpha value is -2.17. The normalized spacial score (nSPS) is 11.4. The zero-order valence-electron chi connectivity index (χ0n) is 10.0.